The van der Waals surface area contributed by atoms with E-state index in [-0.39, 0.29) is 25.2 Å². The fourth-order valence-electron chi connectivity index (χ4n) is 2.84. The molecule has 3 atom stereocenters. The molecule has 1 aromatic heterocycles. The van der Waals surface area contributed by atoms with Crippen LogP contribution in [0.15, 0.2) is 0 Å². The van der Waals surface area contributed by atoms with E-state index in [4.69, 9.17) is 5.11 Å². The van der Waals surface area contributed by atoms with Crippen molar-refractivity contribution in [3.63, 3.8) is 0 Å². The predicted octanol–water partition coefficient (Wildman–Crippen LogP) is 2.54. The molecule has 6 nitrogen and oxygen atoms in total. The van der Waals surface area contributed by atoms with Crippen LogP contribution in [0.1, 0.15) is 56.8 Å². The van der Waals surface area contributed by atoms with Gasteiger partial charge >= 0.3 is 12.1 Å². The SMILES string of the molecule is CC(CC(=O)O)n1nnnc1C1CCCC(C(F)(F)F)C1. The van der Waals surface area contributed by atoms with Crippen molar-refractivity contribution >= 4 is 5.97 Å². The predicted molar refractivity (Wildman–Crippen MR) is 65.5 cm³/mol. The minimum Gasteiger partial charge on any atom is -0.481 e. The van der Waals surface area contributed by atoms with Crippen LogP contribution in [0.3, 0.4) is 0 Å². The number of rotatable bonds is 4. The summed E-state index contributed by atoms with van der Waals surface area (Å²) in [7, 11) is 0. The van der Waals surface area contributed by atoms with E-state index in [9.17, 15) is 18.0 Å². The minimum absolute atomic E-state index is 0.0380. The van der Waals surface area contributed by atoms with Crippen molar-refractivity contribution in [1.82, 2.24) is 20.2 Å². The van der Waals surface area contributed by atoms with Crippen molar-refractivity contribution in [3.05, 3.63) is 5.82 Å². The number of hydrogen-bond donors (Lipinski definition) is 1. The fourth-order valence-corrected chi connectivity index (χ4v) is 2.84. The van der Waals surface area contributed by atoms with E-state index in [1.807, 2.05) is 0 Å². The molecule has 9 heteroatoms. The second kappa shape index (κ2) is 5.98. The maximum absolute atomic E-state index is 12.9. The summed E-state index contributed by atoms with van der Waals surface area (Å²) in [6.07, 6.45) is -3.23. The number of tetrazole rings is 1. The number of halogens is 3. The van der Waals surface area contributed by atoms with Gasteiger partial charge in [-0.05, 0) is 36.6 Å². The topological polar surface area (TPSA) is 80.9 Å². The highest BCUT2D eigenvalue weighted by Crippen LogP contribution is 2.43. The first kappa shape index (κ1) is 15.7. The van der Waals surface area contributed by atoms with Gasteiger partial charge in [0.2, 0.25) is 0 Å². The van der Waals surface area contributed by atoms with Crippen molar-refractivity contribution in [3.8, 4) is 0 Å². The van der Waals surface area contributed by atoms with Gasteiger partial charge < -0.3 is 5.11 Å². The lowest BCUT2D eigenvalue weighted by molar-refractivity contribution is -0.183. The van der Waals surface area contributed by atoms with Gasteiger partial charge in [0, 0.05) is 5.92 Å². The highest BCUT2D eigenvalue weighted by atomic mass is 19.4. The zero-order valence-electron chi connectivity index (χ0n) is 11.5. The molecule has 0 saturated heterocycles. The summed E-state index contributed by atoms with van der Waals surface area (Å²) in [5, 5.41) is 19.9. The van der Waals surface area contributed by atoms with Gasteiger partial charge in [0.1, 0.15) is 0 Å². The number of aliphatic carboxylic acids is 1. The number of carboxylic acid groups (broad SMARTS) is 1. The van der Waals surface area contributed by atoms with E-state index in [2.05, 4.69) is 15.5 Å². The largest absolute Gasteiger partial charge is 0.481 e. The van der Waals surface area contributed by atoms with Crippen molar-refractivity contribution in [1.29, 1.82) is 0 Å². The van der Waals surface area contributed by atoms with Gasteiger partial charge in [0.05, 0.1) is 18.4 Å². The summed E-state index contributed by atoms with van der Waals surface area (Å²) in [4.78, 5) is 10.7. The van der Waals surface area contributed by atoms with Crippen LogP contribution in [0.25, 0.3) is 0 Å². The zero-order chi connectivity index (χ0) is 15.6. The minimum atomic E-state index is -4.20. The van der Waals surface area contributed by atoms with Crippen molar-refractivity contribution in [2.24, 2.45) is 5.92 Å². The summed E-state index contributed by atoms with van der Waals surface area (Å²) < 4.78 is 39.9. The molecular weight excluding hydrogens is 289 g/mol. The molecule has 21 heavy (non-hydrogen) atoms. The normalized spacial score (nSPS) is 24.8. The van der Waals surface area contributed by atoms with Crippen LogP contribution in [0.2, 0.25) is 0 Å². The second-order valence-electron chi connectivity index (χ2n) is 5.53. The summed E-state index contributed by atoms with van der Waals surface area (Å²) in [5.74, 6) is -2.36. The summed E-state index contributed by atoms with van der Waals surface area (Å²) in [6.45, 7) is 1.64. The van der Waals surface area contributed by atoms with Gasteiger partial charge in [0.15, 0.2) is 5.82 Å². The summed E-state index contributed by atoms with van der Waals surface area (Å²) in [5.41, 5.74) is 0. The van der Waals surface area contributed by atoms with Gasteiger partial charge in [-0.15, -0.1) is 5.10 Å². The van der Waals surface area contributed by atoms with Crippen LogP contribution >= 0.6 is 0 Å². The second-order valence-corrected chi connectivity index (χ2v) is 5.53. The number of nitrogens with zero attached hydrogens (tertiary/aromatic N) is 4. The molecule has 1 aromatic rings. The Morgan fingerprint density at radius 3 is 2.81 bits per heavy atom. The number of carboxylic acids is 1. The summed E-state index contributed by atoms with van der Waals surface area (Å²) in [6, 6.07) is -0.487. The van der Waals surface area contributed by atoms with Gasteiger partial charge in [-0.1, -0.05) is 6.42 Å². The van der Waals surface area contributed by atoms with E-state index >= 15 is 0 Å². The van der Waals surface area contributed by atoms with E-state index in [1.165, 1.54) is 4.68 Å². The molecule has 3 unspecified atom stereocenters. The monoisotopic (exact) mass is 306 g/mol. The Hall–Kier alpha value is -1.67. The molecule has 0 spiro atoms. The highest BCUT2D eigenvalue weighted by molar-refractivity contribution is 5.67. The lowest BCUT2D eigenvalue weighted by Crippen LogP contribution is -2.29. The molecule has 0 amide bonds. The molecule has 1 heterocycles. The molecule has 0 bridgehead atoms. The van der Waals surface area contributed by atoms with Gasteiger partial charge in [0.25, 0.3) is 0 Å². The Bertz CT molecular complexity index is 503. The maximum atomic E-state index is 12.9. The van der Waals surface area contributed by atoms with Gasteiger partial charge in [-0.3, -0.25) is 4.79 Å². The standard InChI is InChI=1S/C12H17F3N4O2/c1-7(5-10(20)21)19-11(16-17-18-19)8-3-2-4-9(6-8)12(13,14)15/h7-9H,2-6H2,1H3,(H,20,21). The van der Waals surface area contributed by atoms with Crippen LogP contribution in [-0.2, 0) is 4.79 Å². The Kier molecular flexibility index (Phi) is 4.48. The smallest absolute Gasteiger partial charge is 0.391 e. The Balaban J connectivity index is 2.15. The number of alkyl halides is 3. The van der Waals surface area contributed by atoms with E-state index in [0.717, 1.165) is 0 Å². The van der Waals surface area contributed by atoms with Crippen molar-refractivity contribution in [2.45, 2.75) is 57.2 Å². The van der Waals surface area contributed by atoms with Crippen LogP contribution in [0.4, 0.5) is 13.2 Å². The van der Waals surface area contributed by atoms with Crippen LogP contribution in [0, 0.1) is 5.92 Å². The first-order valence-corrected chi connectivity index (χ1v) is 6.85. The first-order chi connectivity index (χ1) is 9.79. The maximum Gasteiger partial charge on any atom is 0.391 e. The molecule has 0 radical (unpaired) electrons. The van der Waals surface area contributed by atoms with Crippen LogP contribution < -0.4 is 0 Å². The number of aromatic nitrogens is 4. The average Bonchev–Trinajstić information content (AvgIpc) is 2.86. The molecule has 1 fully saturated rings. The molecule has 0 aliphatic heterocycles. The van der Waals surface area contributed by atoms with E-state index in [0.29, 0.717) is 18.7 Å². The molecular formula is C12H17F3N4O2. The lowest BCUT2D eigenvalue weighted by Gasteiger charge is -2.30. The summed E-state index contributed by atoms with van der Waals surface area (Å²) >= 11 is 0. The lowest BCUT2D eigenvalue weighted by atomic mass is 9.80. The molecule has 1 aliphatic rings. The van der Waals surface area contributed by atoms with E-state index in [1.54, 1.807) is 6.92 Å². The molecule has 118 valence electrons. The molecule has 2 rings (SSSR count). The Labute approximate surface area is 119 Å². The van der Waals surface area contributed by atoms with Crippen molar-refractivity contribution < 1.29 is 23.1 Å². The number of carbonyl (C=O) groups is 1. The third-order valence-electron chi connectivity index (χ3n) is 3.91. The van der Waals surface area contributed by atoms with E-state index < -0.39 is 24.1 Å². The Morgan fingerprint density at radius 1 is 1.48 bits per heavy atom. The molecule has 1 aliphatic carbocycles. The highest BCUT2D eigenvalue weighted by Gasteiger charge is 2.43. The quantitative estimate of drug-likeness (QED) is 0.924. The van der Waals surface area contributed by atoms with Gasteiger partial charge in [-0.2, -0.15) is 13.2 Å². The molecule has 1 saturated carbocycles. The zero-order valence-corrected chi connectivity index (χ0v) is 11.5. The van der Waals surface area contributed by atoms with Crippen molar-refractivity contribution in [2.75, 3.05) is 0 Å². The average molecular weight is 306 g/mol. The first-order valence-electron chi connectivity index (χ1n) is 6.85. The van der Waals surface area contributed by atoms with Crippen LogP contribution in [0.5, 0.6) is 0 Å². The third kappa shape index (κ3) is 3.70. The van der Waals surface area contributed by atoms with Crippen LogP contribution in [-0.4, -0.2) is 37.5 Å². The Morgan fingerprint density at radius 2 is 2.19 bits per heavy atom. The fraction of sp³-hybridized carbons (Fsp3) is 0.833. The number of hydrogen-bond acceptors (Lipinski definition) is 4. The molecule has 1 N–H and O–H groups in total. The third-order valence-corrected chi connectivity index (χ3v) is 3.91. The van der Waals surface area contributed by atoms with Gasteiger partial charge in [-0.25, -0.2) is 4.68 Å². The molecule has 0 aromatic carbocycles.